The summed E-state index contributed by atoms with van der Waals surface area (Å²) in [5.41, 5.74) is 0.641. The van der Waals surface area contributed by atoms with Gasteiger partial charge in [-0.1, -0.05) is 20.8 Å². The summed E-state index contributed by atoms with van der Waals surface area (Å²) >= 11 is 0. The molecule has 2 aromatic rings. The number of carbonyl (C=O) groups excluding carboxylic acids is 1. The number of piperazine rings is 1. The number of hydrogen-bond donors (Lipinski definition) is 0. The monoisotopic (exact) mass is 343 g/mol. The molecule has 3 rings (SSSR count). The zero-order valence-electron chi connectivity index (χ0n) is 15.3. The summed E-state index contributed by atoms with van der Waals surface area (Å²) in [6.07, 6.45) is 3.73. The van der Waals surface area contributed by atoms with Crippen LogP contribution in [0.15, 0.2) is 22.9 Å². The summed E-state index contributed by atoms with van der Waals surface area (Å²) in [5, 5.41) is 0. The predicted octanol–water partition coefficient (Wildman–Crippen LogP) is 1.96. The van der Waals surface area contributed by atoms with Gasteiger partial charge in [0.15, 0.2) is 5.89 Å². The van der Waals surface area contributed by atoms with Crippen LogP contribution in [0.3, 0.4) is 0 Å². The highest BCUT2D eigenvalue weighted by atomic mass is 16.4. The molecular weight excluding hydrogens is 318 g/mol. The van der Waals surface area contributed by atoms with Gasteiger partial charge in [0.05, 0.1) is 12.1 Å². The van der Waals surface area contributed by atoms with Gasteiger partial charge in [-0.3, -0.25) is 4.79 Å². The fraction of sp³-hybridized carbons (Fsp3) is 0.556. The predicted molar refractivity (Wildman–Crippen MR) is 94.5 cm³/mol. The molecule has 3 heterocycles. The third kappa shape index (κ3) is 3.97. The minimum absolute atomic E-state index is 0.0772. The van der Waals surface area contributed by atoms with Crippen molar-refractivity contribution in [3.05, 3.63) is 35.8 Å². The Morgan fingerprint density at radius 2 is 1.80 bits per heavy atom. The van der Waals surface area contributed by atoms with Crippen LogP contribution in [0.5, 0.6) is 0 Å². The van der Waals surface area contributed by atoms with E-state index in [1.165, 1.54) is 0 Å². The minimum Gasteiger partial charge on any atom is -0.444 e. The van der Waals surface area contributed by atoms with Crippen LogP contribution in [0, 0.1) is 6.92 Å². The van der Waals surface area contributed by atoms with Crippen LogP contribution in [0.4, 0.5) is 5.95 Å². The maximum atomic E-state index is 12.6. The molecule has 0 spiro atoms. The lowest BCUT2D eigenvalue weighted by molar-refractivity contribution is -0.131. The molecule has 1 aliphatic rings. The Morgan fingerprint density at radius 1 is 1.16 bits per heavy atom. The van der Waals surface area contributed by atoms with Crippen LogP contribution in [-0.2, 0) is 16.6 Å². The smallest absolute Gasteiger partial charge is 0.230 e. The Balaban J connectivity index is 1.59. The van der Waals surface area contributed by atoms with Gasteiger partial charge < -0.3 is 14.2 Å². The lowest BCUT2D eigenvalue weighted by Crippen LogP contribution is -2.49. The van der Waals surface area contributed by atoms with Crippen LogP contribution in [0.1, 0.15) is 38.1 Å². The molecule has 7 heteroatoms. The quantitative estimate of drug-likeness (QED) is 0.848. The van der Waals surface area contributed by atoms with Gasteiger partial charge in [0.2, 0.25) is 11.9 Å². The molecule has 134 valence electrons. The molecule has 0 N–H and O–H groups in total. The second-order valence-corrected chi connectivity index (χ2v) is 7.37. The van der Waals surface area contributed by atoms with Crippen molar-refractivity contribution in [1.29, 1.82) is 0 Å². The molecule has 1 saturated heterocycles. The number of anilines is 1. The number of nitrogens with zero attached hydrogens (tertiary/aromatic N) is 5. The molecule has 1 amide bonds. The zero-order chi connectivity index (χ0) is 18.0. The molecule has 0 bridgehead atoms. The third-order valence-corrected chi connectivity index (χ3v) is 4.31. The molecule has 0 unspecified atom stereocenters. The fourth-order valence-electron chi connectivity index (χ4n) is 2.77. The van der Waals surface area contributed by atoms with Crippen molar-refractivity contribution in [2.45, 2.75) is 39.5 Å². The SMILES string of the molecule is Cc1nc(C(C)(C)C)oc1CC(=O)N1CCN(c2ncccn2)CC1. The molecule has 1 aliphatic heterocycles. The molecule has 0 aromatic carbocycles. The second kappa shape index (κ2) is 6.82. The van der Waals surface area contributed by atoms with Crippen molar-refractivity contribution >= 4 is 11.9 Å². The van der Waals surface area contributed by atoms with Crippen molar-refractivity contribution in [1.82, 2.24) is 19.9 Å². The summed E-state index contributed by atoms with van der Waals surface area (Å²) in [5.74, 6) is 2.14. The molecule has 25 heavy (non-hydrogen) atoms. The van der Waals surface area contributed by atoms with Crippen molar-refractivity contribution in [3.8, 4) is 0 Å². The summed E-state index contributed by atoms with van der Waals surface area (Å²) in [7, 11) is 0. The molecule has 0 saturated carbocycles. The number of aryl methyl sites for hydroxylation is 1. The average Bonchev–Trinajstić information content (AvgIpc) is 2.97. The number of carbonyl (C=O) groups is 1. The van der Waals surface area contributed by atoms with Crippen LogP contribution < -0.4 is 4.90 Å². The first-order chi connectivity index (χ1) is 11.8. The maximum absolute atomic E-state index is 12.6. The molecular formula is C18H25N5O2. The van der Waals surface area contributed by atoms with E-state index in [9.17, 15) is 4.79 Å². The average molecular weight is 343 g/mol. The molecule has 0 atom stereocenters. The van der Waals surface area contributed by atoms with Gasteiger partial charge in [-0.25, -0.2) is 15.0 Å². The van der Waals surface area contributed by atoms with Gasteiger partial charge in [-0.15, -0.1) is 0 Å². The van der Waals surface area contributed by atoms with Gasteiger partial charge in [0, 0.05) is 44.0 Å². The number of amides is 1. The summed E-state index contributed by atoms with van der Waals surface area (Å²) in [6.45, 7) is 10.8. The standard InChI is InChI=1S/C18H25N5O2/c1-13-14(25-16(21-13)18(2,3)4)12-15(24)22-8-10-23(11-9-22)17-19-6-5-7-20-17/h5-7H,8-12H2,1-4H3. The highest BCUT2D eigenvalue weighted by Gasteiger charge is 2.26. The van der Waals surface area contributed by atoms with Crippen LogP contribution >= 0.6 is 0 Å². The first kappa shape index (κ1) is 17.4. The summed E-state index contributed by atoms with van der Waals surface area (Å²) in [6, 6.07) is 1.80. The van der Waals surface area contributed by atoms with Gasteiger partial charge in [-0.2, -0.15) is 0 Å². The van der Waals surface area contributed by atoms with Gasteiger partial charge >= 0.3 is 0 Å². The number of oxazole rings is 1. The highest BCUT2D eigenvalue weighted by Crippen LogP contribution is 2.24. The van der Waals surface area contributed by atoms with Gasteiger partial charge in [0.25, 0.3) is 0 Å². The van der Waals surface area contributed by atoms with Gasteiger partial charge in [0.1, 0.15) is 5.76 Å². The Bertz CT molecular complexity index is 728. The topological polar surface area (TPSA) is 75.4 Å². The van der Waals surface area contributed by atoms with E-state index in [0.717, 1.165) is 24.7 Å². The van der Waals surface area contributed by atoms with Crippen molar-refractivity contribution in [3.63, 3.8) is 0 Å². The van der Waals surface area contributed by atoms with E-state index in [4.69, 9.17) is 4.42 Å². The maximum Gasteiger partial charge on any atom is 0.230 e. The van der Waals surface area contributed by atoms with E-state index < -0.39 is 0 Å². The summed E-state index contributed by atoms with van der Waals surface area (Å²) in [4.78, 5) is 29.6. The van der Waals surface area contributed by atoms with E-state index in [1.54, 1.807) is 18.5 Å². The first-order valence-corrected chi connectivity index (χ1v) is 8.61. The normalized spacial score (nSPS) is 15.5. The largest absolute Gasteiger partial charge is 0.444 e. The Morgan fingerprint density at radius 3 is 2.36 bits per heavy atom. The van der Waals surface area contributed by atoms with E-state index in [1.807, 2.05) is 11.8 Å². The lowest BCUT2D eigenvalue weighted by atomic mass is 9.97. The van der Waals surface area contributed by atoms with Gasteiger partial charge in [-0.05, 0) is 13.0 Å². The molecule has 0 radical (unpaired) electrons. The molecule has 0 aliphatic carbocycles. The molecule has 1 fully saturated rings. The summed E-state index contributed by atoms with van der Waals surface area (Å²) < 4.78 is 5.84. The van der Waals surface area contributed by atoms with Crippen molar-refractivity contribution in [2.24, 2.45) is 0 Å². The van der Waals surface area contributed by atoms with Crippen LogP contribution in [0.25, 0.3) is 0 Å². The van der Waals surface area contributed by atoms with E-state index in [0.29, 0.717) is 24.7 Å². The van der Waals surface area contributed by atoms with E-state index >= 15 is 0 Å². The van der Waals surface area contributed by atoms with E-state index in [2.05, 4.69) is 40.6 Å². The Labute approximate surface area is 148 Å². The molecule has 2 aromatic heterocycles. The Hall–Kier alpha value is -2.44. The second-order valence-electron chi connectivity index (χ2n) is 7.37. The van der Waals surface area contributed by atoms with Crippen LogP contribution in [-0.4, -0.2) is 51.9 Å². The number of hydrogen-bond acceptors (Lipinski definition) is 6. The number of rotatable bonds is 3. The number of aromatic nitrogens is 3. The Kier molecular flexibility index (Phi) is 4.74. The van der Waals surface area contributed by atoms with E-state index in [-0.39, 0.29) is 17.7 Å². The lowest BCUT2D eigenvalue weighted by Gasteiger charge is -2.34. The van der Waals surface area contributed by atoms with Crippen molar-refractivity contribution in [2.75, 3.05) is 31.1 Å². The zero-order valence-corrected chi connectivity index (χ0v) is 15.3. The highest BCUT2D eigenvalue weighted by molar-refractivity contribution is 5.78. The van der Waals surface area contributed by atoms with Crippen LogP contribution in [0.2, 0.25) is 0 Å². The minimum atomic E-state index is -0.159. The third-order valence-electron chi connectivity index (χ3n) is 4.31. The van der Waals surface area contributed by atoms with Crippen molar-refractivity contribution < 1.29 is 9.21 Å². The first-order valence-electron chi connectivity index (χ1n) is 8.61. The fourth-order valence-corrected chi connectivity index (χ4v) is 2.77. The molecule has 7 nitrogen and oxygen atoms in total.